The highest BCUT2D eigenvalue weighted by molar-refractivity contribution is 7.22. The van der Waals surface area contributed by atoms with Crippen molar-refractivity contribution in [3.8, 4) is 23.0 Å². The molecule has 0 fully saturated rings. The number of pyridine rings is 1. The molecule has 2 aromatic carbocycles. The van der Waals surface area contributed by atoms with Crippen molar-refractivity contribution in [1.82, 2.24) is 9.97 Å². The first-order valence-corrected chi connectivity index (χ1v) is 11.5. The lowest BCUT2D eigenvalue weighted by Gasteiger charge is -2.18. The third-order valence-electron chi connectivity index (χ3n) is 5.26. The van der Waals surface area contributed by atoms with Crippen LogP contribution in [0.3, 0.4) is 0 Å². The number of hydrogen-bond donors (Lipinski definition) is 0. The van der Waals surface area contributed by atoms with E-state index in [2.05, 4.69) is 4.98 Å². The van der Waals surface area contributed by atoms with E-state index in [0.717, 1.165) is 15.8 Å². The zero-order valence-electron chi connectivity index (χ0n) is 19.8. The fourth-order valence-electron chi connectivity index (χ4n) is 3.56. The molecule has 180 valence electrons. The van der Waals surface area contributed by atoms with Crippen LogP contribution in [-0.4, -0.2) is 44.3 Å². The van der Waals surface area contributed by atoms with E-state index in [1.807, 2.05) is 30.3 Å². The zero-order valence-corrected chi connectivity index (χ0v) is 20.7. The second-order valence-corrected chi connectivity index (χ2v) is 8.39. The number of nitrogens with zero attached hydrogens (tertiary/aromatic N) is 3. The number of carbonyl (C=O) groups excluding carboxylic acids is 1. The van der Waals surface area contributed by atoms with Crippen molar-refractivity contribution in [2.24, 2.45) is 0 Å². The van der Waals surface area contributed by atoms with Crippen LogP contribution in [0.4, 0.5) is 5.13 Å². The van der Waals surface area contributed by atoms with Crippen molar-refractivity contribution in [3.05, 3.63) is 72.1 Å². The SMILES string of the molecule is COc1cc(/C=C/C(=O)N(Cc2cccnc2)c2nc3c(OC)cccc3s2)cc(OC)c1OC. The summed E-state index contributed by atoms with van der Waals surface area (Å²) < 4.78 is 22.6. The normalized spacial score (nSPS) is 11.0. The smallest absolute Gasteiger partial charge is 0.253 e. The Morgan fingerprint density at radius 1 is 0.971 bits per heavy atom. The van der Waals surface area contributed by atoms with Gasteiger partial charge < -0.3 is 18.9 Å². The Morgan fingerprint density at radius 2 is 1.71 bits per heavy atom. The Morgan fingerprint density at radius 3 is 2.34 bits per heavy atom. The predicted octanol–water partition coefficient (Wildman–Crippen LogP) is 4.97. The summed E-state index contributed by atoms with van der Waals surface area (Å²) in [5.74, 6) is 1.92. The van der Waals surface area contributed by atoms with Gasteiger partial charge in [-0.1, -0.05) is 23.5 Å². The quantitative estimate of drug-likeness (QED) is 0.306. The third kappa shape index (κ3) is 5.20. The average Bonchev–Trinajstić information content (AvgIpc) is 3.34. The maximum Gasteiger partial charge on any atom is 0.253 e. The molecular formula is C26H25N3O5S. The molecule has 0 aliphatic carbocycles. The van der Waals surface area contributed by atoms with Crippen LogP contribution in [0.15, 0.2) is 60.9 Å². The molecule has 1 amide bonds. The van der Waals surface area contributed by atoms with Gasteiger partial charge in [-0.15, -0.1) is 0 Å². The average molecular weight is 492 g/mol. The second kappa shape index (κ2) is 10.9. The Labute approximate surface area is 207 Å². The van der Waals surface area contributed by atoms with Gasteiger partial charge in [0.05, 0.1) is 39.7 Å². The molecule has 0 aliphatic rings. The fourth-order valence-corrected chi connectivity index (χ4v) is 4.55. The van der Waals surface area contributed by atoms with Gasteiger partial charge in [-0.3, -0.25) is 14.7 Å². The largest absolute Gasteiger partial charge is 0.494 e. The maximum absolute atomic E-state index is 13.5. The van der Waals surface area contributed by atoms with Gasteiger partial charge in [0.2, 0.25) is 5.75 Å². The molecule has 35 heavy (non-hydrogen) atoms. The van der Waals surface area contributed by atoms with E-state index in [-0.39, 0.29) is 5.91 Å². The number of aromatic nitrogens is 2. The van der Waals surface area contributed by atoms with Gasteiger partial charge in [-0.25, -0.2) is 4.98 Å². The van der Waals surface area contributed by atoms with Gasteiger partial charge in [-0.05, 0) is 47.5 Å². The van der Waals surface area contributed by atoms with E-state index in [1.54, 1.807) is 63.9 Å². The number of benzene rings is 2. The van der Waals surface area contributed by atoms with E-state index in [0.29, 0.717) is 40.2 Å². The summed E-state index contributed by atoms with van der Waals surface area (Å²) in [6.45, 7) is 0.314. The highest BCUT2D eigenvalue weighted by Gasteiger charge is 2.20. The molecule has 0 spiro atoms. The van der Waals surface area contributed by atoms with E-state index in [4.69, 9.17) is 23.9 Å². The number of thiazole rings is 1. The van der Waals surface area contributed by atoms with Gasteiger partial charge in [0.25, 0.3) is 5.91 Å². The molecule has 0 saturated heterocycles. The maximum atomic E-state index is 13.5. The van der Waals surface area contributed by atoms with Crippen molar-refractivity contribution >= 4 is 38.7 Å². The lowest BCUT2D eigenvalue weighted by Crippen LogP contribution is -2.28. The van der Waals surface area contributed by atoms with Gasteiger partial charge in [0.1, 0.15) is 11.3 Å². The third-order valence-corrected chi connectivity index (χ3v) is 6.30. The van der Waals surface area contributed by atoms with Crippen LogP contribution in [0.2, 0.25) is 0 Å². The van der Waals surface area contributed by atoms with Crippen LogP contribution in [0.25, 0.3) is 16.3 Å². The van der Waals surface area contributed by atoms with Crippen LogP contribution in [-0.2, 0) is 11.3 Å². The van der Waals surface area contributed by atoms with Gasteiger partial charge in [0.15, 0.2) is 16.6 Å². The Kier molecular flexibility index (Phi) is 7.47. The van der Waals surface area contributed by atoms with E-state index >= 15 is 0 Å². The van der Waals surface area contributed by atoms with E-state index in [1.165, 1.54) is 17.4 Å². The monoisotopic (exact) mass is 491 g/mol. The Balaban J connectivity index is 1.70. The van der Waals surface area contributed by atoms with Crippen molar-refractivity contribution < 1.29 is 23.7 Å². The lowest BCUT2D eigenvalue weighted by molar-refractivity contribution is -0.114. The highest BCUT2D eigenvalue weighted by atomic mass is 32.1. The molecule has 0 saturated carbocycles. The van der Waals surface area contributed by atoms with Crippen LogP contribution >= 0.6 is 11.3 Å². The van der Waals surface area contributed by atoms with Crippen molar-refractivity contribution in [1.29, 1.82) is 0 Å². The van der Waals surface area contributed by atoms with Crippen LogP contribution < -0.4 is 23.8 Å². The number of para-hydroxylation sites is 1. The number of rotatable bonds is 9. The first-order chi connectivity index (χ1) is 17.1. The summed E-state index contributed by atoms with van der Waals surface area (Å²) in [7, 11) is 6.25. The molecule has 4 aromatic rings. The topological polar surface area (TPSA) is 83.0 Å². The minimum atomic E-state index is -0.236. The molecule has 0 atom stereocenters. The fraction of sp³-hybridized carbons (Fsp3) is 0.192. The number of amides is 1. The number of carbonyl (C=O) groups is 1. The summed E-state index contributed by atoms with van der Waals surface area (Å²) in [5.41, 5.74) is 2.32. The molecule has 0 N–H and O–H groups in total. The van der Waals surface area contributed by atoms with Crippen molar-refractivity contribution in [2.45, 2.75) is 6.54 Å². The van der Waals surface area contributed by atoms with Crippen molar-refractivity contribution in [2.75, 3.05) is 33.3 Å². The molecule has 0 aliphatic heterocycles. The summed E-state index contributed by atoms with van der Waals surface area (Å²) in [6, 6.07) is 13.0. The van der Waals surface area contributed by atoms with E-state index < -0.39 is 0 Å². The molecule has 0 unspecified atom stereocenters. The Bertz CT molecular complexity index is 1330. The number of methoxy groups -OCH3 is 4. The van der Waals surface area contributed by atoms with Crippen molar-refractivity contribution in [3.63, 3.8) is 0 Å². The Hall–Kier alpha value is -4.11. The number of anilines is 1. The predicted molar refractivity (Wildman–Crippen MR) is 137 cm³/mol. The molecule has 8 nitrogen and oxygen atoms in total. The van der Waals surface area contributed by atoms with E-state index in [9.17, 15) is 4.79 Å². The van der Waals surface area contributed by atoms with Gasteiger partial charge in [-0.2, -0.15) is 0 Å². The summed E-state index contributed by atoms with van der Waals surface area (Å²) in [4.78, 5) is 24.0. The first-order valence-electron chi connectivity index (χ1n) is 10.7. The minimum Gasteiger partial charge on any atom is -0.494 e. The molecule has 2 heterocycles. The molecule has 9 heteroatoms. The molecule has 4 rings (SSSR count). The highest BCUT2D eigenvalue weighted by Crippen LogP contribution is 2.39. The van der Waals surface area contributed by atoms with Crippen LogP contribution in [0, 0.1) is 0 Å². The lowest BCUT2D eigenvalue weighted by atomic mass is 10.1. The van der Waals surface area contributed by atoms with Crippen LogP contribution in [0.1, 0.15) is 11.1 Å². The molecular weight excluding hydrogens is 466 g/mol. The second-order valence-electron chi connectivity index (χ2n) is 7.38. The first kappa shape index (κ1) is 24.0. The molecule has 2 aromatic heterocycles. The number of fused-ring (bicyclic) bond motifs is 1. The van der Waals surface area contributed by atoms with Gasteiger partial charge >= 0.3 is 0 Å². The summed E-state index contributed by atoms with van der Waals surface area (Å²) >= 11 is 1.42. The zero-order chi connectivity index (χ0) is 24.8. The standard InChI is InChI=1S/C26H25N3O5S/c1-31-19-8-5-9-22-24(19)28-26(35-22)29(16-18-7-6-12-27-15-18)23(30)11-10-17-13-20(32-2)25(34-4)21(14-17)33-3/h5-15H,16H2,1-4H3/b11-10+. The number of ether oxygens (including phenoxy) is 4. The summed E-state index contributed by atoms with van der Waals surface area (Å²) in [5, 5.41) is 0.563. The molecule has 0 bridgehead atoms. The molecule has 0 radical (unpaired) electrons. The summed E-state index contributed by atoms with van der Waals surface area (Å²) in [6.07, 6.45) is 6.64. The minimum absolute atomic E-state index is 0.236. The number of hydrogen-bond acceptors (Lipinski definition) is 8. The van der Waals surface area contributed by atoms with Crippen LogP contribution in [0.5, 0.6) is 23.0 Å². The van der Waals surface area contributed by atoms with Gasteiger partial charge in [0, 0.05) is 18.5 Å².